The van der Waals surface area contributed by atoms with Crippen molar-refractivity contribution in [2.45, 2.75) is 52.0 Å². The monoisotopic (exact) mass is 449 g/mol. The Kier molecular flexibility index (Phi) is 6.48. The first-order chi connectivity index (χ1) is 15.8. The second kappa shape index (κ2) is 9.48. The van der Waals surface area contributed by atoms with Crippen LogP contribution in [0.5, 0.6) is 0 Å². The van der Waals surface area contributed by atoms with Gasteiger partial charge in [0.15, 0.2) is 11.3 Å². The van der Waals surface area contributed by atoms with Crippen molar-refractivity contribution in [3.8, 4) is 0 Å². The Morgan fingerprint density at radius 3 is 2.73 bits per heavy atom. The van der Waals surface area contributed by atoms with E-state index in [0.29, 0.717) is 34.0 Å². The predicted octanol–water partition coefficient (Wildman–Crippen LogP) is 4.45. The quantitative estimate of drug-likeness (QED) is 0.462. The molecule has 0 spiro atoms. The molecule has 2 heterocycles. The fourth-order valence-corrected chi connectivity index (χ4v) is 4.18. The highest BCUT2D eigenvalue weighted by Gasteiger charge is 2.25. The summed E-state index contributed by atoms with van der Waals surface area (Å²) in [6, 6.07) is 4.49. The number of benzene rings is 1. The minimum Gasteiger partial charge on any atom is -0.361 e. The Labute approximate surface area is 191 Å². The average Bonchev–Trinajstić information content (AvgIpc) is 3.43. The molecule has 1 aliphatic carbocycles. The Bertz CT molecular complexity index is 1240. The number of anilines is 1. The number of hydrogen-bond acceptors (Lipinski definition) is 6. The minimum atomic E-state index is -0.417. The van der Waals surface area contributed by atoms with Crippen molar-refractivity contribution in [1.29, 1.82) is 5.41 Å². The maximum Gasteiger partial charge on any atom is 0.272 e. The van der Waals surface area contributed by atoms with Crippen LogP contribution in [0.3, 0.4) is 0 Å². The summed E-state index contributed by atoms with van der Waals surface area (Å²) in [6.45, 7) is 3.62. The normalized spacial score (nSPS) is 14.6. The molecule has 1 aromatic carbocycles. The van der Waals surface area contributed by atoms with Crippen LogP contribution < -0.4 is 10.6 Å². The molecule has 0 atom stereocenters. The fraction of sp³-hybridized carbons (Fsp3) is 0.375. The number of allylic oxidation sites excluding steroid dienone is 1. The Balaban J connectivity index is 1.52. The van der Waals surface area contributed by atoms with E-state index in [0.717, 1.165) is 24.2 Å². The Hall–Kier alpha value is -3.62. The van der Waals surface area contributed by atoms with Gasteiger partial charge in [-0.1, -0.05) is 12.8 Å². The first kappa shape index (κ1) is 22.6. The summed E-state index contributed by atoms with van der Waals surface area (Å²) in [6.07, 6.45) is 7.57. The molecular weight excluding hydrogens is 421 g/mol. The highest BCUT2D eigenvalue weighted by Crippen LogP contribution is 2.34. The molecule has 1 aliphatic rings. The van der Waals surface area contributed by atoms with Gasteiger partial charge >= 0.3 is 0 Å². The fourth-order valence-electron chi connectivity index (χ4n) is 4.18. The highest BCUT2D eigenvalue weighted by atomic mass is 19.1. The number of nitrogens with one attached hydrogen (secondary N) is 3. The first-order valence-corrected chi connectivity index (χ1v) is 11.1. The summed E-state index contributed by atoms with van der Waals surface area (Å²) in [5.74, 6) is 0.547. The Morgan fingerprint density at radius 2 is 2.00 bits per heavy atom. The minimum absolute atomic E-state index is 0.135. The van der Waals surface area contributed by atoms with Crippen molar-refractivity contribution < 1.29 is 9.18 Å². The van der Waals surface area contributed by atoms with Crippen LogP contribution in [0.4, 0.5) is 10.1 Å². The molecule has 2 aromatic heterocycles. The van der Waals surface area contributed by atoms with Crippen molar-refractivity contribution in [3.63, 3.8) is 0 Å². The van der Waals surface area contributed by atoms with E-state index in [9.17, 15) is 9.18 Å². The van der Waals surface area contributed by atoms with Gasteiger partial charge in [-0.3, -0.25) is 4.79 Å². The zero-order valence-electron chi connectivity index (χ0n) is 19.1. The lowest BCUT2D eigenvalue weighted by Crippen LogP contribution is -2.25. The number of aryl methyl sites for hydroxylation is 1. The Morgan fingerprint density at radius 1 is 1.24 bits per heavy atom. The molecule has 0 aliphatic heterocycles. The molecule has 4 rings (SSSR count). The van der Waals surface area contributed by atoms with Crippen LogP contribution in [-0.2, 0) is 13.6 Å². The third kappa shape index (κ3) is 4.92. The lowest BCUT2D eigenvalue weighted by atomic mass is 10.1. The van der Waals surface area contributed by atoms with Crippen molar-refractivity contribution in [1.82, 2.24) is 24.8 Å². The summed E-state index contributed by atoms with van der Waals surface area (Å²) in [7, 11) is 1.90. The highest BCUT2D eigenvalue weighted by molar-refractivity contribution is 6.02. The first-order valence-electron chi connectivity index (χ1n) is 11.1. The lowest BCUT2D eigenvalue weighted by Gasteiger charge is -2.11. The topological polar surface area (TPSA) is 109 Å². The summed E-state index contributed by atoms with van der Waals surface area (Å²) in [5, 5.41) is 13.5. The molecule has 9 heteroatoms. The van der Waals surface area contributed by atoms with E-state index in [-0.39, 0.29) is 18.1 Å². The average molecular weight is 450 g/mol. The van der Waals surface area contributed by atoms with E-state index in [1.807, 2.05) is 11.6 Å². The van der Waals surface area contributed by atoms with Gasteiger partial charge in [-0.05, 0) is 56.0 Å². The van der Waals surface area contributed by atoms with E-state index >= 15 is 0 Å². The van der Waals surface area contributed by atoms with Gasteiger partial charge in [0.2, 0.25) is 0 Å². The molecule has 3 N–H and O–H groups in total. The number of hydrogen-bond donors (Lipinski definition) is 3. The lowest BCUT2D eigenvalue weighted by molar-refractivity contribution is 0.0947. The predicted molar refractivity (Wildman–Crippen MR) is 126 cm³/mol. The smallest absolute Gasteiger partial charge is 0.272 e. The number of rotatable bonds is 7. The van der Waals surface area contributed by atoms with Crippen LogP contribution in [0.2, 0.25) is 0 Å². The van der Waals surface area contributed by atoms with E-state index in [2.05, 4.69) is 25.6 Å². The number of carbonyl (C=O) groups is 1. The van der Waals surface area contributed by atoms with Crippen molar-refractivity contribution >= 4 is 28.5 Å². The summed E-state index contributed by atoms with van der Waals surface area (Å²) >= 11 is 0. The number of aromatic nitrogens is 4. The maximum absolute atomic E-state index is 14.1. The number of imidazole rings is 1. The van der Waals surface area contributed by atoms with Crippen molar-refractivity contribution in [2.24, 2.45) is 7.05 Å². The van der Waals surface area contributed by atoms with E-state index in [1.165, 1.54) is 31.3 Å². The van der Waals surface area contributed by atoms with Crippen LogP contribution in [0, 0.1) is 11.2 Å². The van der Waals surface area contributed by atoms with Crippen LogP contribution in [0.1, 0.15) is 67.3 Å². The number of fused-ring (bicyclic) bond motifs is 1. The molecule has 0 radical (unpaired) electrons. The van der Waals surface area contributed by atoms with Crippen molar-refractivity contribution in [2.75, 3.05) is 5.32 Å². The number of amides is 1. The van der Waals surface area contributed by atoms with Gasteiger partial charge in [-0.2, -0.15) is 0 Å². The largest absolute Gasteiger partial charge is 0.361 e. The SMILES string of the molecule is CC(=N)/C(C)=C\Nc1cc(F)cc(CNC(=O)c2ncnc3nc(C4CCCC4)n(C)c23)c1. The summed E-state index contributed by atoms with van der Waals surface area (Å²) < 4.78 is 16.1. The third-order valence-electron chi connectivity index (χ3n) is 6.10. The molecule has 8 nitrogen and oxygen atoms in total. The van der Waals surface area contributed by atoms with Crippen molar-refractivity contribution in [3.05, 3.63) is 59.2 Å². The summed E-state index contributed by atoms with van der Waals surface area (Å²) in [4.78, 5) is 26.2. The van der Waals surface area contributed by atoms with Crippen LogP contribution in [0.15, 0.2) is 36.3 Å². The van der Waals surface area contributed by atoms with E-state index in [4.69, 9.17) is 5.41 Å². The van der Waals surface area contributed by atoms with Gasteiger partial charge in [-0.25, -0.2) is 19.3 Å². The number of halogens is 1. The van der Waals surface area contributed by atoms with Gasteiger partial charge < -0.3 is 20.6 Å². The molecule has 0 bridgehead atoms. The van der Waals surface area contributed by atoms with Crippen LogP contribution in [-0.4, -0.2) is 31.1 Å². The number of carbonyl (C=O) groups excluding carboxylic acids is 1. The molecule has 33 heavy (non-hydrogen) atoms. The molecule has 0 unspecified atom stereocenters. The second-order valence-corrected chi connectivity index (χ2v) is 8.53. The number of nitrogens with zero attached hydrogens (tertiary/aromatic N) is 4. The molecule has 3 aromatic rings. The molecule has 1 amide bonds. The molecule has 172 valence electrons. The van der Waals surface area contributed by atoms with Crippen LogP contribution in [0.25, 0.3) is 11.2 Å². The maximum atomic E-state index is 14.1. The van der Waals surface area contributed by atoms with Gasteiger partial charge in [0.05, 0.1) is 0 Å². The third-order valence-corrected chi connectivity index (χ3v) is 6.10. The van der Waals surface area contributed by atoms with Gasteiger partial charge in [0.25, 0.3) is 5.91 Å². The second-order valence-electron chi connectivity index (χ2n) is 8.53. The zero-order valence-corrected chi connectivity index (χ0v) is 19.1. The van der Waals surface area contributed by atoms with E-state index in [1.54, 1.807) is 26.1 Å². The van der Waals surface area contributed by atoms with Gasteiger partial charge in [-0.15, -0.1) is 0 Å². The van der Waals surface area contributed by atoms with Gasteiger partial charge in [0.1, 0.15) is 23.5 Å². The molecule has 0 saturated heterocycles. The molecular formula is C24H28FN7O. The van der Waals surface area contributed by atoms with Crippen LogP contribution >= 0.6 is 0 Å². The van der Waals surface area contributed by atoms with Gasteiger partial charge in [0, 0.05) is 37.1 Å². The molecule has 1 fully saturated rings. The zero-order chi connectivity index (χ0) is 23.5. The summed E-state index contributed by atoms with van der Waals surface area (Å²) in [5.41, 5.74) is 3.70. The standard InChI is InChI=1S/C24H28FN7O/c1-14(15(2)26)11-27-19-9-16(8-18(25)10-19)12-28-24(33)20-21-22(30-13-29-20)31-23(32(21)3)17-6-4-5-7-17/h8-11,13,17,26-27H,4-7,12H2,1-3H3,(H,28,33)/b14-11-,26-15?. The molecule has 1 saturated carbocycles. The van der Waals surface area contributed by atoms with E-state index < -0.39 is 5.82 Å².